The standard InChI is InChI=1S/C25H18F3N3O.C25H20F3N3O/c26-25(27,28)23-14-22(31(30-23)19-8-5-15(6-9-19)11-24(29)32)17-7-10-21-18(13-17)12-16-3-1-2-4-20(16)21;1-16-2-6-18(7-3-16)19-8-10-20(11-9-19)22-15-23(25(26,27)28)30-31(22)21-12-4-17(5-13-21)14-24(29)32/h1-10,13-14H,11-12H2,(H2,29,32);2-13,15H,14H2,1H3,(H2,29,32). The Hall–Kier alpha value is -7.74. The average Bonchev–Trinajstić information content (AvgIpc) is 4.01. The second-order valence-corrected chi connectivity index (χ2v) is 15.4. The summed E-state index contributed by atoms with van der Waals surface area (Å²) < 4.78 is 83.3. The summed E-state index contributed by atoms with van der Waals surface area (Å²) >= 11 is 0. The van der Waals surface area contributed by atoms with Crippen LogP contribution in [-0.4, -0.2) is 31.4 Å². The molecule has 0 saturated heterocycles. The number of amides is 2. The predicted molar refractivity (Wildman–Crippen MR) is 232 cm³/mol. The van der Waals surface area contributed by atoms with E-state index in [-0.39, 0.29) is 12.8 Å². The minimum Gasteiger partial charge on any atom is -0.369 e. The third-order valence-corrected chi connectivity index (χ3v) is 10.8. The van der Waals surface area contributed by atoms with E-state index in [2.05, 4.69) is 22.3 Å². The largest absolute Gasteiger partial charge is 0.435 e. The number of primary amides is 2. The first kappa shape index (κ1) is 42.9. The number of hydrogen-bond donors (Lipinski definition) is 2. The van der Waals surface area contributed by atoms with Gasteiger partial charge in [0.15, 0.2) is 11.4 Å². The Morgan fingerprint density at radius 1 is 0.516 bits per heavy atom. The van der Waals surface area contributed by atoms with Crippen molar-refractivity contribution >= 4 is 11.8 Å². The first-order valence-electron chi connectivity index (χ1n) is 20.0. The maximum Gasteiger partial charge on any atom is 0.435 e. The Labute approximate surface area is 363 Å². The van der Waals surface area contributed by atoms with Crippen molar-refractivity contribution < 1.29 is 35.9 Å². The summed E-state index contributed by atoms with van der Waals surface area (Å²) in [5, 5.41) is 7.66. The van der Waals surface area contributed by atoms with E-state index >= 15 is 0 Å². The highest BCUT2D eigenvalue weighted by atomic mass is 19.4. The van der Waals surface area contributed by atoms with Crippen LogP contribution in [0.25, 0.3) is 56.1 Å². The van der Waals surface area contributed by atoms with Gasteiger partial charge >= 0.3 is 12.4 Å². The lowest BCUT2D eigenvalue weighted by Crippen LogP contribution is -2.13. The molecule has 322 valence electrons. The molecule has 4 N–H and O–H groups in total. The van der Waals surface area contributed by atoms with Crippen molar-refractivity contribution in [3.05, 3.63) is 191 Å². The van der Waals surface area contributed by atoms with Crippen LogP contribution in [0.5, 0.6) is 0 Å². The maximum atomic E-state index is 13.5. The van der Waals surface area contributed by atoms with Crippen molar-refractivity contribution in [1.82, 2.24) is 19.6 Å². The number of hydrogen-bond acceptors (Lipinski definition) is 4. The zero-order valence-electron chi connectivity index (χ0n) is 34.1. The van der Waals surface area contributed by atoms with Crippen LogP contribution in [0.15, 0.2) is 152 Å². The summed E-state index contributed by atoms with van der Waals surface area (Å²) in [6.07, 6.45) is -8.29. The highest BCUT2D eigenvalue weighted by Gasteiger charge is 2.36. The van der Waals surface area contributed by atoms with Crippen LogP contribution >= 0.6 is 0 Å². The second-order valence-electron chi connectivity index (χ2n) is 15.4. The zero-order chi connectivity index (χ0) is 45.3. The fourth-order valence-corrected chi connectivity index (χ4v) is 7.64. The van der Waals surface area contributed by atoms with Crippen molar-refractivity contribution in [1.29, 1.82) is 0 Å². The van der Waals surface area contributed by atoms with E-state index in [9.17, 15) is 35.9 Å². The SMILES string of the molecule is Cc1ccc(-c2ccc(-c3cc(C(F)(F)F)nn3-c3ccc(CC(N)=O)cc3)cc2)cc1.NC(=O)Cc1ccc(-n2nc(C(F)(F)F)cc2-c2ccc3c(c2)Cc2ccccc2-3)cc1. The van der Waals surface area contributed by atoms with Gasteiger partial charge in [-0.15, -0.1) is 0 Å². The lowest BCUT2D eigenvalue weighted by molar-refractivity contribution is -0.142. The molecule has 8 nitrogen and oxygen atoms in total. The van der Waals surface area contributed by atoms with Gasteiger partial charge in [0.1, 0.15) is 0 Å². The fraction of sp³-hybridized carbons (Fsp3) is 0.120. The molecule has 64 heavy (non-hydrogen) atoms. The molecule has 1 aliphatic rings. The molecule has 6 aromatic carbocycles. The van der Waals surface area contributed by atoms with Gasteiger partial charge in [0.2, 0.25) is 11.8 Å². The molecule has 0 fully saturated rings. The molecule has 0 spiro atoms. The number of nitrogens with two attached hydrogens (primary N) is 2. The first-order valence-corrected chi connectivity index (χ1v) is 20.0. The number of carbonyl (C=O) groups excluding carboxylic acids is 2. The van der Waals surface area contributed by atoms with Gasteiger partial charge in [-0.05, 0) is 100 Å². The summed E-state index contributed by atoms with van der Waals surface area (Å²) in [4.78, 5) is 22.2. The van der Waals surface area contributed by atoms with Gasteiger partial charge in [0.05, 0.1) is 35.6 Å². The molecular formula is C50H38F6N6O2. The monoisotopic (exact) mass is 868 g/mol. The van der Waals surface area contributed by atoms with Crippen molar-refractivity contribution in [3.8, 4) is 56.1 Å². The Morgan fingerprint density at radius 2 is 0.938 bits per heavy atom. The van der Waals surface area contributed by atoms with E-state index in [1.165, 1.54) is 14.9 Å². The van der Waals surface area contributed by atoms with Crippen molar-refractivity contribution in [2.24, 2.45) is 11.5 Å². The van der Waals surface area contributed by atoms with E-state index in [4.69, 9.17) is 11.5 Å². The highest BCUT2D eigenvalue weighted by molar-refractivity contribution is 5.80. The smallest absolute Gasteiger partial charge is 0.369 e. The van der Waals surface area contributed by atoms with E-state index in [1.54, 1.807) is 60.7 Å². The first-order chi connectivity index (χ1) is 30.5. The molecule has 2 heterocycles. The third kappa shape index (κ3) is 9.36. The molecule has 0 radical (unpaired) electrons. The second kappa shape index (κ2) is 17.2. The molecule has 2 amide bonds. The number of aromatic nitrogens is 4. The molecular weight excluding hydrogens is 831 g/mol. The number of carbonyl (C=O) groups is 2. The molecule has 0 saturated carbocycles. The van der Waals surface area contributed by atoms with Crippen molar-refractivity contribution in [2.45, 2.75) is 38.5 Å². The lowest BCUT2D eigenvalue weighted by Gasteiger charge is -2.10. The molecule has 2 aromatic heterocycles. The van der Waals surface area contributed by atoms with Crippen LogP contribution in [0, 0.1) is 6.92 Å². The van der Waals surface area contributed by atoms with Gasteiger partial charge in [-0.1, -0.05) is 115 Å². The summed E-state index contributed by atoms with van der Waals surface area (Å²) in [6.45, 7) is 2.01. The number of aryl methyl sites for hydroxylation is 1. The summed E-state index contributed by atoms with van der Waals surface area (Å²) in [5.74, 6) is -0.957. The summed E-state index contributed by atoms with van der Waals surface area (Å²) in [5.41, 5.74) is 20.3. The number of nitrogens with zero attached hydrogens (tertiary/aromatic N) is 4. The molecule has 0 unspecified atom stereocenters. The van der Waals surface area contributed by atoms with Crippen LogP contribution in [0.3, 0.4) is 0 Å². The van der Waals surface area contributed by atoms with Crippen LogP contribution in [0.2, 0.25) is 0 Å². The maximum absolute atomic E-state index is 13.5. The summed E-state index contributed by atoms with van der Waals surface area (Å²) in [6, 6.07) is 44.4. The molecule has 0 aliphatic heterocycles. The van der Waals surface area contributed by atoms with Crippen molar-refractivity contribution in [2.75, 3.05) is 0 Å². The Morgan fingerprint density at radius 3 is 1.42 bits per heavy atom. The number of fused-ring (bicyclic) bond motifs is 3. The Bertz CT molecular complexity index is 2990. The van der Waals surface area contributed by atoms with Crippen LogP contribution < -0.4 is 11.5 Å². The van der Waals surface area contributed by atoms with E-state index in [1.807, 2.05) is 73.7 Å². The molecule has 9 rings (SSSR count). The van der Waals surface area contributed by atoms with E-state index in [0.29, 0.717) is 45.0 Å². The third-order valence-electron chi connectivity index (χ3n) is 10.8. The normalized spacial score (nSPS) is 12.0. The minimum absolute atomic E-state index is 0.0561. The zero-order valence-corrected chi connectivity index (χ0v) is 34.1. The van der Waals surface area contributed by atoms with E-state index in [0.717, 1.165) is 51.9 Å². The van der Waals surface area contributed by atoms with Crippen molar-refractivity contribution in [3.63, 3.8) is 0 Å². The number of benzene rings is 6. The van der Waals surface area contributed by atoms with Gasteiger partial charge in [-0.25, -0.2) is 9.36 Å². The highest BCUT2D eigenvalue weighted by Crippen LogP contribution is 2.40. The number of alkyl halides is 6. The summed E-state index contributed by atoms with van der Waals surface area (Å²) in [7, 11) is 0. The molecule has 0 atom stereocenters. The van der Waals surface area contributed by atoms with Crippen LogP contribution in [0.1, 0.15) is 39.2 Å². The molecule has 8 aromatic rings. The van der Waals surface area contributed by atoms with Gasteiger partial charge in [0.25, 0.3) is 0 Å². The lowest BCUT2D eigenvalue weighted by atomic mass is 10.0. The molecule has 1 aliphatic carbocycles. The number of rotatable bonds is 9. The fourth-order valence-electron chi connectivity index (χ4n) is 7.64. The topological polar surface area (TPSA) is 122 Å². The predicted octanol–water partition coefficient (Wildman–Crippen LogP) is 10.7. The van der Waals surface area contributed by atoms with E-state index < -0.39 is 35.6 Å². The van der Waals surface area contributed by atoms with Crippen LogP contribution in [0.4, 0.5) is 26.3 Å². The quantitative estimate of drug-likeness (QED) is 0.140. The number of halogens is 6. The van der Waals surface area contributed by atoms with Gasteiger partial charge in [-0.2, -0.15) is 36.5 Å². The van der Waals surface area contributed by atoms with Crippen LogP contribution in [-0.2, 0) is 41.2 Å². The minimum atomic E-state index is -4.58. The molecule has 14 heteroatoms. The van der Waals surface area contributed by atoms with Gasteiger partial charge < -0.3 is 11.5 Å². The van der Waals surface area contributed by atoms with Gasteiger partial charge in [0, 0.05) is 11.1 Å². The Kier molecular flexibility index (Phi) is 11.5. The molecule has 0 bridgehead atoms. The average molecular weight is 869 g/mol. The Balaban J connectivity index is 0.000000175. The van der Waals surface area contributed by atoms with Gasteiger partial charge in [-0.3, -0.25) is 9.59 Å².